The molecule has 338 valence electrons. The lowest BCUT2D eigenvalue weighted by molar-refractivity contribution is 1.36. The molecule has 0 aliphatic rings. The number of nitrogens with zero attached hydrogens (tertiary/aromatic N) is 4. The molecule has 14 heteroatoms. The van der Waals surface area contributed by atoms with E-state index in [4.69, 9.17) is 19.9 Å². The Labute approximate surface area is 442 Å². The lowest BCUT2D eigenvalue weighted by atomic mass is 9.59. The smallest absolute Gasteiger partial charge is 0.139 e. The van der Waals surface area contributed by atoms with E-state index in [2.05, 4.69) is 248 Å². The van der Waals surface area contributed by atoms with Crippen LogP contribution in [0.4, 0.5) is 0 Å². The zero-order valence-corrected chi connectivity index (χ0v) is 44.0. The fraction of sp³-hybridized carbons (Fsp3) is 0. The lowest BCUT2D eigenvalue weighted by Crippen LogP contribution is -2.55. The zero-order valence-electron chi connectivity index (χ0n) is 44.0. The van der Waals surface area contributed by atoms with Gasteiger partial charge in [0, 0.05) is 43.8 Å². The van der Waals surface area contributed by atoms with Crippen molar-refractivity contribution in [1.29, 1.82) is 0 Å². The van der Waals surface area contributed by atoms with Crippen LogP contribution in [0.25, 0.3) is 122 Å². The van der Waals surface area contributed by atoms with Crippen LogP contribution in [-0.2, 0) is 0 Å². The normalized spacial score (nSPS) is 11.5. The maximum atomic E-state index is 5.36. The summed E-state index contributed by atoms with van der Waals surface area (Å²) in [7, 11) is 22.4. The predicted octanol–water partition coefficient (Wildman–Crippen LogP) is -1.87. The molecule has 0 spiro atoms. The Kier molecular flexibility index (Phi) is 11.8. The Morgan fingerprint density at radius 3 is 0.676 bits per heavy atom. The molecule has 8 aromatic carbocycles. The number of rotatable bonds is 7. The quantitative estimate of drug-likeness (QED) is 0.139. The second-order valence-electron chi connectivity index (χ2n) is 20.5. The average molecular weight is 933 g/mol. The lowest BCUT2D eigenvalue weighted by Gasteiger charge is -2.20. The van der Waals surface area contributed by atoms with Gasteiger partial charge in [0.2, 0.25) is 0 Å². The van der Waals surface area contributed by atoms with Gasteiger partial charge in [0.15, 0.2) is 0 Å². The average Bonchev–Trinajstić information content (AvgIpc) is 3.44. The van der Waals surface area contributed by atoms with Crippen LogP contribution in [0, 0.1) is 0 Å². The first-order valence-electron chi connectivity index (χ1n) is 25.8. The third kappa shape index (κ3) is 8.03. The summed E-state index contributed by atoms with van der Waals surface area (Å²) in [5.74, 6) is 0. The van der Waals surface area contributed by atoms with Gasteiger partial charge in [-0.3, -0.25) is 0 Å². The van der Waals surface area contributed by atoms with Gasteiger partial charge < -0.3 is 0 Å². The van der Waals surface area contributed by atoms with Crippen molar-refractivity contribution >= 4 is 177 Å². The monoisotopic (exact) mass is 934 g/mol. The number of pyridine rings is 4. The largest absolute Gasteiger partial charge is 0.245 e. The minimum atomic E-state index is 0.893. The molecule has 0 saturated heterocycles. The van der Waals surface area contributed by atoms with Crippen LogP contribution in [-0.4, -0.2) is 98.4 Å². The van der Waals surface area contributed by atoms with Crippen LogP contribution in [0.15, 0.2) is 170 Å². The Hall–Kier alpha value is -7.95. The topological polar surface area (TPSA) is 51.6 Å². The van der Waals surface area contributed by atoms with E-state index < -0.39 is 0 Å². The van der Waals surface area contributed by atoms with Crippen molar-refractivity contribution in [2.45, 2.75) is 0 Å². The van der Waals surface area contributed by atoms with Gasteiger partial charge in [-0.25, -0.2) is 19.9 Å². The highest BCUT2D eigenvalue weighted by atomic mass is 14.8. The van der Waals surface area contributed by atoms with Gasteiger partial charge in [0.05, 0.1) is 44.8 Å². The molecule has 0 aliphatic heterocycles. The van der Waals surface area contributed by atoms with E-state index in [9.17, 15) is 0 Å². The molecule has 74 heavy (non-hydrogen) atoms. The number of aromatic nitrogens is 4. The van der Waals surface area contributed by atoms with E-state index in [0.717, 1.165) is 99.8 Å². The van der Waals surface area contributed by atoms with Gasteiger partial charge in [0.25, 0.3) is 0 Å². The maximum absolute atomic E-state index is 5.36. The minimum absolute atomic E-state index is 0.893. The Balaban J connectivity index is 0.870. The van der Waals surface area contributed by atoms with Crippen molar-refractivity contribution in [1.82, 2.24) is 19.9 Å². The van der Waals surface area contributed by atoms with Crippen molar-refractivity contribution in [3.05, 3.63) is 170 Å². The van der Waals surface area contributed by atoms with Gasteiger partial charge in [-0.15, -0.1) is 32.8 Å². The first-order chi connectivity index (χ1) is 35.8. The van der Waals surface area contributed by atoms with E-state index >= 15 is 0 Å². The molecule has 0 N–H and O–H groups in total. The number of benzene rings is 8. The first kappa shape index (κ1) is 47.1. The molecule has 0 bridgehead atoms. The molecule has 4 heterocycles. The Morgan fingerprint density at radius 1 is 0.203 bits per heavy atom. The summed E-state index contributed by atoms with van der Waals surface area (Å²) < 4.78 is 0. The number of fused-ring (bicyclic) bond motifs is 6. The number of hydrogen-bond donors (Lipinski definition) is 0. The molecule has 0 unspecified atom stereocenters. The fourth-order valence-electron chi connectivity index (χ4n) is 11.4. The highest BCUT2D eigenvalue weighted by molar-refractivity contribution is 6.70. The summed E-state index contributed by atoms with van der Waals surface area (Å²) in [4.78, 5) is 21.4. The highest BCUT2D eigenvalue weighted by Gasteiger charge is 2.18. The van der Waals surface area contributed by atoms with Crippen molar-refractivity contribution in [2.24, 2.45) is 0 Å². The molecule has 4 nitrogen and oxygen atoms in total. The Bertz CT molecular complexity index is 4020. The summed E-state index contributed by atoms with van der Waals surface area (Å²) in [5.41, 5.74) is 32.3. The molecule has 12 rings (SSSR count). The Morgan fingerprint density at radius 2 is 0.405 bits per heavy atom. The summed E-state index contributed by atoms with van der Waals surface area (Å²) in [5, 5.41) is 4.25. The fourth-order valence-corrected chi connectivity index (χ4v) is 11.4. The van der Waals surface area contributed by atoms with E-state index in [0.29, 0.717) is 0 Å². The van der Waals surface area contributed by atoms with E-state index in [1.165, 1.54) is 76.9 Å². The molecular weight excluding hydrogens is 885 g/mol. The van der Waals surface area contributed by atoms with Gasteiger partial charge >= 0.3 is 0 Å². The maximum Gasteiger partial charge on any atom is 0.139 e. The third-order valence-corrected chi connectivity index (χ3v) is 16.6. The summed E-state index contributed by atoms with van der Waals surface area (Å²) in [6.45, 7) is 0. The molecule has 4 aromatic heterocycles. The van der Waals surface area contributed by atoms with Gasteiger partial charge in [-0.1, -0.05) is 143 Å². The van der Waals surface area contributed by atoms with Crippen molar-refractivity contribution in [3.63, 3.8) is 0 Å². The molecule has 0 fully saturated rings. The molecular formula is C60H48B10N4. The van der Waals surface area contributed by atoms with Gasteiger partial charge in [-0.05, 0) is 81.9 Å². The highest BCUT2D eigenvalue weighted by Crippen LogP contribution is 2.34. The van der Waals surface area contributed by atoms with Gasteiger partial charge in [0.1, 0.15) is 78.5 Å². The summed E-state index contributed by atoms with van der Waals surface area (Å²) in [6.07, 6.45) is 0. The predicted molar refractivity (Wildman–Crippen MR) is 347 cm³/mol. The standard InChI is InChI=1S/C60H48B10N4/c61-47-45(48(62)52(66)55(69)51(47)65)39-11-3-9-37(27-39)43-23-19-31-15-13-29-17-21-41(71-57(29)59(31)73-43)35-7-1-5-33(25-35)34-6-2-8-36(26-34)42-22-18-30-14-16-32-20-24-44(74-60(32)58(30)72-42)38-10-4-12-40(28-38)46-49(63)53(67)56(70)54(68)50(46)64/h1-28H,61-70H2. The first-order valence-corrected chi connectivity index (χ1v) is 25.8. The molecule has 0 amide bonds. The van der Waals surface area contributed by atoms with Crippen molar-refractivity contribution in [3.8, 4) is 78.4 Å². The molecule has 0 aliphatic carbocycles. The molecule has 0 saturated carbocycles. The van der Waals surface area contributed by atoms with Crippen LogP contribution in [0.1, 0.15) is 0 Å². The minimum Gasteiger partial charge on any atom is -0.245 e. The van der Waals surface area contributed by atoms with Crippen LogP contribution in [0.5, 0.6) is 0 Å². The van der Waals surface area contributed by atoms with Gasteiger partial charge in [-0.2, -0.15) is 0 Å². The second-order valence-corrected chi connectivity index (χ2v) is 20.5. The van der Waals surface area contributed by atoms with Crippen molar-refractivity contribution < 1.29 is 0 Å². The van der Waals surface area contributed by atoms with E-state index in [1.807, 2.05) is 0 Å². The van der Waals surface area contributed by atoms with Crippen molar-refractivity contribution in [2.75, 3.05) is 0 Å². The molecule has 12 aromatic rings. The summed E-state index contributed by atoms with van der Waals surface area (Å²) >= 11 is 0. The molecule has 0 radical (unpaired) electrons. The SMILES string of the molecule is Bc1c(B)c(B)c(-c2cccc(-c3ccc4ccc5ccc(-c6cccc(-c7cccc(-c8ccc9ccc%10ccc(-c%11cccc(-c%12c(B)c(B)c(B)c(B)c%12B)c%11)nc%10c9n8)c7)c6)nc5c4n3)c2)c(B)c1B. The molecule has 0 atom stereocenters. The summed E-state index contributed by atoms with van der Waals surface area (Å²) in [6, 6.07) is 60.9. The van der Waals surface area contributed by atoms with E-state index in [1.54, 1.807) is 0 Å². The van der Waals surface area contributed by atoms with Crippen LogP contribution in [0.2, 0.25) is 0 Å². The van der Waals surface area contributed by atoms with Crippen LogP contribution < -0.4 is 54.6 Å². The number of hydrogen-bond acceptors (Lipinski definition) is 4. The van der Waals surface area contributed by atoms with E-state index in [-0.39, 0.29) is 0 Å². The zero-order chi connectivity index (χ0) is 51.1. The van der Waals surface area contributed by atoms with Crippen LogP contribution >= 0.6 is 0 Å². The third-order valence-electron chi connectivity index (χ3n) is 16.6. The van der Waals surface area contributed by atoms with Crippen LogP contribution in [0.3, 0.4) is 0 Å². The second kappa shape index (κ2) is 18.5.